The Balaban J connectivity index is 2.79. The first kappa shape index (κ1) is 9.27. The highest BCUT2D eigenvalue weighted by Gasteiger charge is 1.99. The number of hydrogen-bond acceptors (Lipinski definition) is 1. The molecule has 0 aliphatic carbocycles. The highest BCUT2D eigenvalue weighted by Crippen LogP contribution is 2.09. The SMILES string of the molecule is C#Cc1cccc(NC(=O)CF)c1. The highest BCUT2D eigenvalue weighted by atomic mass is 19.1. The van der Waals surface area contributed by atoms with Crippen LogP contribution in [-0.2, 0) is 4.79 Å². The van der Waals surface area contributed by atoms with E-state index >= 15 is 0 Å². The van der Waals surface area contributed by atoms with Crippen molar-refractivity contribution in [3.63, 3.8) is 0 Å². The molecule has 1 aromatic carbocycles. The monoisotopic (exact) mass is 177 g/mol. The third-order valence-corrected chi connectivity index (χ3v) is 1.43. The molecule has 0 unspecified atom stereocenters. The summed E-state index contributed by atoms with van der Waals surface area (Å²) in [7, 11) is 0. The van der Waals surface area contributed by atoms with Gasteiger partial charge in [-0.3, -0.25) is 4.79 Å². The summed E-state index contributed by atoms with van der Waals surface area (Å²) in [5.41, 5.74) is 1.16. The molecule has 3 heteroatoms. The predicted molar refractivity (Wildman–Crippen MR) is 49.0 cm³/mol. The van der Waals surface area contributed by atoms with E-state index in [2.05, 4.69) is 11.2 Å². The first-order valence-electron chi connectivity index (χ1n) is 3.68. The lowest BCUT2D eigenvalue weighted by Crippen LogP contribution is -2.12. The van der Waals surface area contributed by atoms with Crippen molar-refractivity contribution in [1.29, 1.82) is 0 Å². The van der Waals surface area contributed by atoms with Crippen LogP contribution in [0.25, 0.3) is 0 Å². The van der Waals surface area contributed by atoms with Gasteiger partial charge in [-0.15, -0.1) is 6.42 Å². The third-order valence-electron chi connectivity index (χ3n) is 1.43. The van der Waals surface area contributed by atoms with Gasteiger partial charge in [-0.25, -0.2) is 4.39 Å². The minimum Gasteiger partial charge on any atom is -0.324 e. The molecular weight excluding hydrogens is 169 g/mol. The largest absolute Gasteiger partial charge is 0.324 e. The molecule has 0 bridgehead atoms. The lowest BCUT2D eigenvalue weighted by atomic mass is 10.2. The van der Waals surface area contributed by atoms with Gasteiger partial charge in [0.1, 0.15) is 0 Å². The molecule has 1 rings (SSSR count). The van der Waals surface area contributed by atoms with E-state index in [0.717, 1.165) is 0 Å². The Hall–Kier alpha value is -1.82. The number of carbonyl (C=O) groups excluding carboxylic acids is 1. The Morgan fingerprint density at radius 3 is 3.00 bits per heavy atom. The van der Waals surface area contributed by atoms with E-state index in [1.54, 1.807) is 24.3 Å². The minimum absolute atomic E-state index is 0.512. The normalized spacial score (nSPS) is 8.92. The number of amides is 1. The molecule has 66 valence electrons. The molecule has 0 saturated heterocycles. The topological polar surface area (TPSA) is 29.1 Å². The van der Waals surface area contributed by atoms with E-state index in [1.807, 2.05) is 0 Å². The summed E-state index contributed by atoms with van der Waals surface area (Å²) >= 11 is 0. The molecule has 13 heavy (non-hydrogen) atoms. The number of alkyl halides is 1. The fourth-order valence-electron chi connectivity index (χ4n) is 0.881. The Labute approximate surface area is 75.8 Å². The van der Waals surface area contributed by atoms with Crippen molar-refractivity contribution in [3.8, 4) is 12.3 Å². The van der Waals surface area contributed by atoms with Crippen molar-refractivity contribution in [3.05, 3.63) is 29.8 Å². The summed E-state index contributed by atoms with van der Waals surface area (Å²) in [4.78, 5) is 10.6. The standard InChI is InChI=1S/C10H8FNO/c1-2-8-4-3-5-9(6-8)12-10(13)7-11/h1,3-6H,7H2,(H,12,13). The molecule has 0 heterocycles. The molecular formula is C10H8FNO. The van der Waals surface area contributed by atoms with E-state index < -0.39 is 12.6 Å². The van der Waals surface area contributed by atoms with Gasteiger partial charge in [0.05, 0.1) is 0 Å². The van der Waals surface area contributed by atoms with Crippen molar-refractivity contribution in [1.82, 2.24) is 0 Å². The zero-order chi connectivity index (χ0) is 9.68. The quantitative estimate of drug-likeness (QED) is 0.682. The number of rotatable bonds is 2. The zero-order valence-electron chi connectivity index (χ0n) is 6.88. The van der Waals surface area contributed by atoms with Gasteiger partial charge in [-0.2, -0.15) is 0 Å². The zero-order valence-corrected chi connectivity index (χ0v) is 6.88. The van der Waals surface area contributed by atoms with Crippen LogP contribution in [-0.4, -0.2) is 12.6 Å². The van der Waals surface area contributed by atoms with Crippen LogP contribution < -0.4 is 5.32 Å². The molecule has 1 N–H and O–H groups in total. The van der Waals surface area contributed by atoms with E-state index in [4.69, 9.17) is 6.42 Å². The minimum atomic E-state index is -1.03. The lowest BCUT2D eigenvalue weighted by molar-refractivity contribution is -0.117. The van der Waals surface area contributed by atoms with Crippen LogP contribution in [0.3, 0.4) is 0 Å². The van der Waals surface area contributed by atoms with Gasteiger partial charge < -0.3 is 5.32 Å². The summed E-state index contributed by atoms with van der Waals surface area (Å²) in [5, 5.41) is 2.36. The van der Waals surface area contributed by atoms with E-state index in [-0.39, 0.29) is 0 Å². The summed E-state index contributed by atoms with van der Waals surface area (Å²) < 4.78 is 11.8. The molecule has 0 radical (unpaired) electrons. The summed E-state index contributed by atoms with van der Waals surface area (Å²) in [5.74, 6) is 1.74. The number of halogens is 1. The number of hydrogen-bond donors (Lipinski definition) is 1. The first-order valence-corrected chi connectivity index (χ1v) is 3.68. The molecule has 0 saturated carbocycles. The van der Waals surface area contributed by atoms with E-state index in [9.17, 15) is 9.18 Å². The van der Waals surface area contributed by atoms with Crippen LogP contribution in [0, 0.1) is 12.3 Å². The maximum atomic E-state index is 11.8. The van der Waals surface area contributed by atoms with Gasteiger partial charge in [0, 0.05) is 11.3 Å². The van der Waals surface area contributed by atoms with Crippen molar-refractivity contribution in [2.24, 2.45) is 0 Å². The second kappa shape index (κ2) is 4.27. The first-order chi connectivity index (χ1) is 6.26. The van der Waals surface area contributed by atoms with Gasteiger partial charge in [-0.1, -0.05) is 12.0 Å². The molecule has 2 nitrogen and oxygen atoms in total. The maximum Gasteiger partial charge on any atom is 0.255 e. The van der Waals surface area contributed by atoms with Gasteiger partial charge in [0.15, 0.2) is 6.67 Å². The number of terminal acetylenes is 1. The van der Waals surface area contributed by atoms with Gasteiger partial charge >= 0.3 is 0 Å². The van der Waals surface area contributed by atoms with Gasteiger partial charge in [0.2, 0.25) is 0 Å². The van der Waals surface area contributed by atoms with Gasteiger partial charge in [-0.05, 0) is 18.2 Å². The summed E-state index contributed by atoms with van der Waals surface area (Å²) in [6.45, 7) is -1.03. The van der Waals surface area contributed by atoms with Crippen LogP contribution in [0.4, 0.5) is 10.1 Å². The number of benzene rings is 1. The molecule has 0 aromatic heterocycles. The number of anilines is 1. The van der Waals surface area contributed by atoms with E-state index in [0.29, 0.717) is 11.3 Å². The Morgan fingerprint density at radius 2 is 2.38 bits per heavy atom. The van der Waals surface area contributed by atoms with Crippen molar-refractivity contribution in [2.75, 3.05) is 12.0 Å². The molecule has 0 spiro atoms. The van der Waals surface area contributed by atoms with Gasteiger partial charge in [0.25, 0.3) is 5.91 Å². The fourth-order valence-corrected chi connectivity index (χ4v) is 0.881. The summed E-state index contributed by atoms with van der Waals surface area (Å²) in [6, 6.07) is 6.68. The average molecular weight is 177 g/mol. The van der Waals surface area contributed by atoms with Crippen LogP contribution in [0.2, 0.25) is 0 Å². The second-order valence-electron chi connectivity index (χ2n) is 2.41. The molecule has 0 fully saturated rings. The number of nitrogens with one attached hydrogen (secondary N) is 1. The van der Waals surface area contributed by atoms with Crippen molar-refractivity contribution >= 4 is 11.6 Å². The highest BCUT2D eigenvalue weighted by molar-refractivity contribution is 5.91. The molecule has 0 aliphatic heterocycles. The Morgan fingerprint density at radius 1 is 1.62 bits per heavy atom. The lowest BCUT2D eigenvalue weighted by Gasteiger charge is -2.01. The van der Waals surface area contributed by atoms with E-state index in [1.165, 1.54) is 0 Å². The van der Waals surface area contributed by atoms with Crippen LogP contribution in [0.5, 0.6) is 0 Å². The Bertz CT molecular complexity index is 354. The molecule has 1 amide bonds. The average Bonchev–Trinajstić information content (AvgIpc) is 2.18. The van der Waals surface area contributed by atoms with Crippen LogP contribution in [0.15, 0.2) is 24.3 Å². The van der Waals surface area contributed by atoms with Crippen LogP contribution in [0.1, 0.15) is 5.56 Å². The van der Waals surface area contributed by atoms with Crippen molar-refractivity contribution < 1.29 is 9.18 Å². The number of carbonyl (C=O) groups is 1. The summed E-state index contributed by atoms with van der Waals surface area (Å²) in [6.07, 6.45) is 5.15. The Kier molecular flexibility index (Phi) is 3.04. The maximum absolute atomic E-state index is 11.8. The smallest absolute Gasteiger partial charge is 0.255 e. The predicted octanol–water partition coefficient (Wildman–Crippen LogP) is 1.58. The molecule has 1 aromatic rings. The second-order valence-corrected chi connectivity index (χ2v) is 2.41. The van der Waals surface area contributed by atoms with Crippen molar-refractivity contribution in [2.45, 2.75) is 0 Å². The van der Waals surface area contributed by atoms with Crippen LogP contribution >= 0.6 is 0 Å². The molecule has 0 aliphatic rings. The fraction of sp³-hybridized carbons (Fsp3) is 0.100. The molecule has 0 atom stereocenters. The third kappa shape index (κ3) is 2.60.